The monoisotopic (exact) mass is 726 g/mol. The number of carbonyl (C=O) groups is 1. The smallest absolute Gasteiger partial charge is 0.220 e. The predicted molar refractivity (Wildman–Crippen MR) is 230 cm³/mol. The highest BCUT2D eigenvalue weighted by atomic mass is 16.3. The summed E-state index contributed by atoms with van der Waals surface area (Å²) >= 11 is 0. The molecule has 0 fully saturated rings. The van der Waals surface area contributed by atoms with Gasteiger partial charge in [0.15, 0.2) is 0 Å². The van der Waals surface area contributed by atoms with E-state index < -0.39 is 12.1 Å². The molecule has 302 valence electrons. The molecule has 0 rings (SSSR count). The van der Waals surface area contributed by atoms with E-state index in [1.54, 1.807) is 6.08 Å². The highest BCUT2D eigenvalue weighted by Gasteiger charge is 2.17. The van der Waals surface area contributed by atoms with Crippen molar-refractivity contribution in [1.29, 1.82) is 0 Å². The first-order valence-corrected chi connectivity index (χ1v) is 22.5. The van der Waals surface area contributed by atoms with Gasteiger partial charge in [-0.05, 0) is 70.6 Å². The van der Waals surface area contributed by atoms with Crippen LogP contribution in [0.15, 0.2) is 60.8 Å². The molecule has 0 bridgehead atoms. The van der Waals surface area contributed by atoms with E-state index in [0.717, 1.165) is 51.4 Å². The summed E-state index contributed by atoms with van der Waals surface area (Å²) < 4.78 is 0. The molecule has 2 unspecified atom stereocenters. The maximum Gasteiger partial charge on any atom is 0.220 e. The van der Waals surface area contributed by atoms with E-state index in [1.807, 2.05) is 6.08 Å². The van der Waals surface area contributed by atoms with E-state index in [4.69, 9.17) is 0 Å². The van der Waals surface area contributed by atoms with Gasteiger partial charge in [0.1, 0.15) is 0 Å². The second-order valence-corrected chi connectivity index (χ2v) is 15.1. The minimum absolute atomic E-state index is 0.0827. The first kappa shape index (κ1) is 50.1. The number of hydrogen-bond acceptors (Lipinski definition) is 3. The van der Waals surface area contributed by atoms with Crippen molar-refractivity contribution >= 4 is 5.91 Å². The lowest BCUT2D eigenvalue weighted by atomic mass is 10.1. The molecule has 4 nitrogen and oxygen atoms in total. The summed E-state index contributed by atoms with van der Waals surface area (Å²) in [6, 6.07) is -0.645. The van der Waals surface area contributed by atoms with Crippen molar-refractivity contribution < 1.29 is 15.0 Å². The second-order valence-electron chi connectivity index (χ2n) is 15.1. The van der Waals surface area contributed by atoms with Crippen LogP contribution in [0.3, 0.4) is 0 Å². The van der Waals surface area contributed by atoms with Gasteiger partial charge in [0, 0.05) is 6.42 Å². The lowest BCUT2D eigenvalue weighted by Crippen LogP contribution is -2.45. The van der Waals surface area contributed by atoms with E-state index in [-0.39, 0.29) is 12.5 Å². The molecule has 1 amide bonds. The third kappa shape index (κ3) is 39.3. The minimum Gasteiger partial charge on any atom is -0.394 e. The number of nitrogens with one attached hydrogen (secondary N) is 1. The molecule has 0 spiro atoms. The molecule has 0 saturated heterocycles. The SMILES string of the molecule is CCCCCCC/C=C\C/C=C\C/C=C\CCCCCCCCCCC(=O)NC(CO)C(O)/C=C/CC/C=C/CCCCCCCCCCCCC. The number of rotatable bonds is 40. The van der Waals surface area contributed by atoms with Crippen LogP contribution in [0, 0.1) is 0 Å². The average molecular weight is 726 g/mol. The van der Waals surface area contributed by atoms with Gasteiger partial charge in [0.2, 0.25) is 5.91 Å². The summed E-state index contributed by atoms with van der Waals surface area (Å²) in [5.74, 6) is -0.0827. The Morgan fingerprint density at radius 2 is 0.808 bits per heavy atom. The molecule has 2 atom stereocenters. The van der Waals surface area contributed by atoms with E-state index in [2.05, 4.69) is 67.8 Å². The Labute approximate surface area is 324 Å². The standard InChI is InChI=1S/C48H87NO3/c1-3-5-7-9-11-13-15-17-19-21-22-23-24-25-26-28-30-32-34-36-38-40-42-44-48(52)49-46(45-50)47(51)43-41-39-37-35-33-31-29-27-20-18-16-14-12-10-8-6-4-2/h15,17,21-22,24-25,33,35,41,43,46-47,50-51H,3-14,16,18-20,23,26-32,34,36-40,42,44-45H2,1-2H3,(H,49,52)/b17-15-,22-21-,25-24-,35-33+,43-41+. The summed E-state index contributed by atoms with van der Waals surface area (Å²) in [5, 5.41) is 23.0. The molecule has 3 N–H and O–H groups in total. The van der Waals surface area contributed by atoms with E-state index in [0.29, 0.717) is 6.42 Å². The van der Waals surface area contributed by atoms with Crippen LogP contribution in [0.2, 0.25) is 0 Å². The summed E-state index contributed by atoms with van der Waals surface area (Å²) in [5.41, 5.74) is 0. The van der Waals surface area contributed by atoms with Crippen molar-refractivity contribution in [3.05, 3.63) is 60.8 Å². The highest BCUT2D eigenvalue weighted by Crippen LogP contribution is 2.13. The fourth-order valence-electron chi connectivity index (χ4n) is 6.49. The van der Waals surface area contributed by atoms with Crippen LogP contribution in [0.4, 0.5) is 0 Å². The molecular weight excluding hydrogens is 639 g/mol. The molecule has 0 aromatic rings. The Morgan fingerprint density at radius 1 is 0.462 bits per heavy atom. The van der Waals surface area contributed by atoms with Gasteiger partial charge < -0.3 is 15.5 Å². The number of carbonyl (C=O) groups excluding carboxylic acids is 1. The number of unbranched alkanes of at least 4 members (excludes halogenated alkanes) is 25. The zero-order valence-corrected chi connectivity index (χ0v) is 34.6. The molecule has 0 aliphatic rings. The molecule has 0 radical (unpaired) electrons. The topological polar surface area (TPSA) is 69.6 Å². The minimum atomic E-state index is -0.867. The molecule has 0 aliphatic carbocycles. The van der Waals surface area contributed by atoms with Crippen LogP contribution in [0.25, 0.3) is 0 Å². The normalized spacial score (nSPS) is 13.5. The van der Waals surface area contributed by atoms with Crippen molar-refractivity contribution in [2.45, 2.75) is 231 Å². The van der Waals surface area contributed by atoms with Crippen LogP contribution in [0.5, 0.6) is 0 Å². The number of aliphatic hydroxyl groups excluding tert-OH is 2. The molecule has 0 saturated carbocycles. The Kier molecular flexibility index (Phi) is 41.9. The van der Waals surface area contributed by atoms with Crippen LogP contribution in [0.1, 0.15) is 219 Å². The molecule has 0 heterocycles. The summed E-state index contributed by atoms with van der Waals surface area (Å²) in [6.45, 7) is 4.28. The van der Waals surface area contributed by atoms with Gasteiger partial charge in [-0.1, -0.05) is 203 Å². The van der Waals surface area contributed by atoms with Crippen molar-refractivity contribution in [2.75, 3.05) is 6.61 Å². The maximum atomic E-state index is 12.4. The fraction of sp³-hybridized carbons (Fsp3) is 0.771. The Balaban J connectivity index is 3.64. The van der Waals surface area contributed by atoms with Gasteiger partial charge in [-0.2, -0.15) is 0 Å². The number of hydrogen-bond donors (Lipinski definition) is 3. The van der Waals surface area contributed by atoms with Crippen molar-refractivity contribution in [2.24, 2.45) is 0 Å². The molecule has 0 aliphatic heterocycles. The summed E-state index contributed by atoms with van der Waals surface area (Å²) in [4.78, 5) is 12.4. The highest BCUT2D eigenvalue weighted by molar-refractivity contribution is 5.76. The summed E-state index contributed by atoms with van der Waals surface area (Å²) in [7, 11) is 0. The number of allylic oxidation sites excluding steroid dienone is 9. The lowest BCUT2D eigenvalue weighted by Gasteiger charge is -2.19. The van der Waals surface area contributed by atoms with Gasteiger partial charge in [0.25, 0.3) is 0 Å². The Morgan fingerprint density at radius 3 is 1.25 bits per heavy atom. The molecule has 4 heteroatoms. The van der Waals surface area contributed by atoms with Gasteiger partial charge in [-0.3, -0.25) is 4.79 Å². The zero-order chi connectivity index (χ0) is 37.8. The second kappa shape index (κ2) is 43.5. The average Bonchev–Trinajstić information content (AvgIpc) is 3.15. The van der Waals surface area contributed by atoms with Crippen LogP contribution < -0.4 is 5.32 Å². The predicted octanol–water partition coefficient (Wildman–Crippen LogP) is 14.1. The molecule has 0 aromatic heterocycles. The van der Waals surface area contributed by atoms with E-state index in [1.165, 1.54) is 148 Å². The Bertz CT molecular complexity index is 873. The van der Waals surface area contributed by atoms with Crippen molar-refractivity contribution in [3.63, 3.8) is 0 Å². The van der Waals surface area contributed by atoms with Crippen LogP contribution in [-0.2, 0) is 4.79 Å². The van der Waals surface area contributed by atoms with Gasteiger partial charge in [0.05, 0.1) is 18.8 Å². The Hall–Kier alpha value is -1.91. The lowest BCUT2D eigenvalue weighted by molar-refractivity contribution is -0.123. The third-order valence-electron chi connectivity index (χ3n) is 9.97. The first-order valence-electron chi connectivity index (χ1n) is 22.5. The van der Waals surface area contributed by atoms with E-state index in [9.17, 15) is 15.0 Å². The zero-order valence-electron chi connectivity index (χ0n) is 34.6. The summed E-state index contributed by atoms with van der Waals surface area (Å²) in [6.07, 6.45) is 60.4. The maximum absolute atomic E-state index is 12.4. The van der Waals surface area contributed by atoms with Gasteiger partial charge in [-0.15, -0.1) is 0 Å². The van der Waals surface area contributed by atoms with Gasteiger partial charge >= 0.3 is 0 Å². The van der Waals surface area contributed by atoms with E-state index >= 15 is 0 Å². The third-order valence-corrected chi connectivity index (χ3v) is 9.97. The van der Waals surface area contributed by atoms with Crippen LogP contribution >= 0.6 is 0 Å². The largest absolute Gasteiger partial charge is 0.394 e. The number of amides is 1. The molecule has 0 aromatic carbocycles. The first-order chi connectivity index (χ1) is 25.7. The number of aliphatic hydroxyl groups is 2. The van der Waals surface area contributed by atoms with Crippen molar-refractivity contribution in [1.82, 2.24) is 5.32 Å². The molecule has 52 heavy (non-hydrogen) atoms. The quantitative estimate of drug-likeness (QED) is 0.0435. The van der Waals surface area contributed by atoms with Crippen LogP contribution in [-0.4, -0.2) is 34.9 Å². The molecular formula is C48H87NO3. The van der Waals surface area contributed by atoms with Gasteiger partial charge in [-0.25, -0.2) is 0 Å². The fourth-order valence-corrected chi connectivity index (χ4v) is 6.49. The van der Waals surface area contributed by atoms with Crippen molar-refractivity contribution in [3.8, 4) is 0 Å².